The fourth-order valence-corrected chi connectivity index (χ4v) is 2.15. The number of amides is 1. The summed E-state index contributed by atoms with van der Waals surface area (Å²) in [5.74, 6) is 0.887. The maximum Gasteiger partial charge on any atom is 0.234 e. The molecule has 1 atom stereocenters. The Morgan fingerprint density at radius 1 is 1.37 bits per heavy atom. The van der Waals surface area contributed by atoms with Gasteiger partial charge in [0.05, 0.1) is 12.6 Å². The predicted octanol–water partition coefficient (Wildman–Crippen LogP) is 2.59. The lowest BCUT2D eigenvalue weighted by Gasteiger charge is -2.16. The first kappa shape index (κ1) is 16.0. The van der Waals surface area contributed by atoms with Gasteiger partial charge in [-0.15, -0.1) is 12.4 Å². The Morgan fingerprint density at radius 2 is 2.05 bits per heavy atom. The third kappa shape index (κ3) is 5.21. The van der Waals surface area contributed by atoms with Gasteiger partial charge in [0.1, 0.15) is 0 Å². The molecule has 19 heavy (non-hydrogen) atoms. The van der Waals surface area contributed by atoms with Gasteiger partial charge >= 0.3 is 0 Å². The van der Waals surface area contributed by atoms with Gasteiger partial charge in [0.15, 0.2) is 0 Å². The van der Waals surface area contributed by atoms with Gasteiger partial charge in [0.25, 0.3) is 0 Å². The molecule has 0 bridgehead atoms. The molecule has 2 rings (SSSR count). The van der Waals surface area contributed by atoms with E-state index in [0.717, 1.165) is 12.5 Å². The fourth-order valence-electron chi connectivity index (χ4n) is 2.15. The number of carbonyl (C=O) groups excluding carboxylic acids is 1. The summed E-state index contributed by atoms with van der Waals surface area (Å²) in [6.45, 7) is 5.50. The molecule has 1 aliphatic rings. The van der Waals surface area contributed by atoms with Crippen molar-refractivity contribution in [1.29, 1.82) is 0 Å². The summed E-state index contributed by atoms with van der Waals surface area (Å²) in [5, 5.41) is 6.24. The summed E-state index contributed by atoms with van der Waals surface area (Å²) in [6, 6.07) is 8.24. The van der Waals surface area contributed by atoms with E-state index >= 15 is 0 Å². The maximum absolute atomic E-state index is 11.8. The molecule has 1 saturated carbocycles. The standard InChI is InChI=1S/C15H22N2O.ClH/c1-11-5-3-4-6-14(11)12(2)17-15(18)10-16-9-13-7-8-13;/h3-6,12-13,16H,7-10H2,1-2H3,(H,17,18);1H. The van der Waals surface area contributed by atoms with E-state index in [9.17, 15) is 4.79 Å². The minimum atomic E-state index is 0. The van der Waals surface area contributed by atoms with Crippen molar-refractivity contribution in [2.75, 3.05) is 13.1 Å². The van der Waals surface area contributed by atoms with Gasteiger partial charge in [-0.25, -0.2) is 0 Å². The largest absolute Gasteiger partial charge is 0.348 e. The summed E-state index contributed by atoms with van der Waals surface area (Å²) in [7, 11) is 0. The highest BCUT2D eigenvalue weighted by Crippen LogP contribution is 2.27. The number of benzene rings is 1. The first-order valence-corrected chi connectivity index (χ1v) is 6.72. The lowest BCUT2D eigenvalue weighted by molar-refractivity contribution is -0.120. The number of hydrogen-bond acceptors (Lipinski definition) is 2. The summed E-state index contributed by atoms with van der Waals surface area (Å²) in [4.78, 5) is 11.8. The van der Waals surface area contributed by atoms with Crippen molar-refractivity contribution in [1.82, 2.24) is 10.6 Å². The van der Waals surface area contributed by atoms with Crippen LogP contribution in [0, 0.1) is 12.8 Å². The number of nitrogens with one attached hydrogen (secondary N) is 2. The van der Waals surface area contributed by atoms with E-state index in [1.54, 1.807) is 0 Å². The van der Waals surface area contributed by atoms with Crippen LogP contribution in [-0.2, 0) is 4.79 Å². The zero-order valence-corrected chi connectivity index (χ0v) is 12.4. The molecule has 2 N–H and O–H groups in total. The van der Waals surface area contributed by atoms with Gasteiger partial charge in [-0.05, 0) is 50.3 Å². The third-order valence-electron chi connectivity index (χ3n) is 3.45. The van der Waals surface area contributed by atoms with Crippen LogP contribution in [0.4, 0.5) is 0 Å². The summed E-state index contributed by atoms with van der Waals surface area (Å²) in [5.41, 5.74) is 2.41. The number of aryl methyl sites for hydroxylation is 1. The molecule has 4 heteroatoms. The molecule has 0 heterocycles. The zero-order chi connectivity index (χ0) is 13.0. The maximum atomic E-state index is 11.8. The van der Waals surface area contributed by atoms with Crippen LogP contribution in [0.15, 0.2) is 24.3 Å². The molecule has 0 spiro atoms. The Morgan fingerprint density at radius 3 is 2.68 bits per heavy atom. The number of carbonyl (C=O) groups is 1. The van der Waals surface area contributed by atoms with Crippen LogP contribution in [0.25, 0.3) is 0 Å². The van der Waals surface area contributed by atoms with Gasteiger partial charge < -0.3 is 10.6 Å². The highest BCUT2D eigenvalue weighted by atomic mass is 35.5. The molecule has 106 valence electrons. The average molecular weight is 283 g/mol. The van der Waals surface area contributed by atoms with Crippen LogP contribution < -0.4 is 10.6 Å². The average Bonchev–Trinajstić information content (AvgIpc) is 3.13. The van der Waals surface area contributed by atoms with E-state index in [0.29, 0.717) is 6.54 Å². The Labute approximate surface area is 121 Å². The molecule has 1 amide bonds. The molecular formula is C15H23ClN2O. The lowest BCUT2D eigenvalue weighted by atomic mass is 10.0. The van der Waals surface area contributed by atoms with Crippen molar-refractivity contribution in [3.8, 4) is 0 Å². The first-order chi connectivity index (χ1) is 8.66. The van der Waals surface area contributed by atoms with Crippen LogP contribution in [0.5, 0.6) is 0 Å². The first-order valence-electron chi connectivity index (χ1n) is 6.72. The Hall–Kier alpha value is -1.06. The molecule has 1 aromatic rings. The predicted molar refractivity (Wildman–Crippen MR) is 80.6 cm³/mol. The molecular weight excluding hydrogens is 260 g/mol. The number of hydrogen-bond donors (Lipinski definition) is 2. The van der Waals surface area contributed by atoms with Gasteiger partial charge in [0, 0.05) is 0 Å². The monoisotopic (exact) mass is 282 g/mol. The lowest BCUT2D eigenvalue weighted by Crippen LogP contribution is -2.36. The van der Waals surface area contributed by atoms with Crippen molar-refractivity contribution < 1.29 is 4.79 Å². The molecule has 1 unspecified atom stereocenters. The zero-order valence-electron chi connectivity index (χ0n) is 11.6. The molecule has 0 saturated heterocycles. The van der Waals surface area contributed by atoms with E-state index in [4.69, 9.17) is 0 Å². The SMILES string of the molecule is Cc1ccccc1C(C)NC(=O)CNCC1CC1.Cl. The van der Waals surface area contributed by atoms with Crippen molar-refractivity contribution >= 4 is 18.3 Å². The number of rotatable bonds is 6. The molecule has 0 aliphatic heterocycles. The van der Waals surface area contributed by atoms with Crippen LogP contribution in [0.2, 0.25) is 0 Å². The third-order valence-corrected chi connectivity index (χ3v) is 3.45. The van der Waals surface area contributed by atoms with Crippen molar-refractivity contribution in [3.63, 3.8) is 0 Å². The minimum absolute atomic E-state index is 0. The molecule has 0 radical (unpaired) electrons. The van der Waals surface area contributed by atoms with Crippen molar-refractivity contribution in [3.05, 3.63) is 35.4 Å². The van der Waals surface area contributed by atoms with Gasteiger partial charge in [-0.1, -0.05) is 24.3 Å². The quantitative estimate of drug-likeness (QED) is 0.842. The van der Waals surface area contributed by atoms with E-state index in [-0.39, 0.29) is 24.4 Å². The number of halogens is 1. The van der Waals surface area contributed by atoms with E-state index in [1.807, 2.05) is 19.1 Å². The second-order valence-electron chi connectivity index (χ2n) is 5.22. The van der Waals surface area contributed by atoms with Crippen LogP contribution in [0.3, 0.4) is 0 Å². The van der Waals surface area contributed by atoms with Gasteiger partial charge in [-0.3, -0.25) is 4.79 Å². The Balaban J connectivity index is 0.00000180. The van der Waals surface area contributed by atoms with Gasteiger partial charge in [0.2, 0.25) is 5.91 Å². The fraction of sp³-hybridized carbons (Fsp3) is 0.533. The molecule has 1 aliphatic carbocycles. The topological polar surface area (TPSA) is 41.1 Å². The van der Waals surface area contributed by atoms with Crippen LogP contribution in [0.1, 0.15) is 36.9 Å². The van der Waals surface area contributed by atoms with E-state index < -0.39 is 0 Å². The molecule has 1 aromatic carbocycles. The summed E-state index contributed by atoms with van der Waals surface area (Å²) >= 11 is 0. The summed E-state index contributed by atoms with van der Waals surface area (Å²) < 4.78 is 0. The van der Waals surface area contributed by atoms with Crippen LogP contribution in [-0.4, -0.2) is 19.0 Å². The highest BCUT2D eigenvalue weighted by Gasteiger charge is 2.20. The Bertz CT molecular complexity index is 418. The summed E-state index contributed by atoms with van der Waals surface area (Å²) in [6.07, 6.45) is 2.63. The molecule has 0 aromatic heterocycles. The van der Waals surface area contributed by atoms with Crippen molar-refractivity contribution in [2.45, 2.75) is 32.7 Å². The van der Waals surface area contributed by atoms with E-state index in [2.05, 4.69) is 29.7 Å². The van der Waals surface area contributed by atoms with Crippen LogP contribution >= 0.6 is 12.4 Å². The van der Waals surface area contributed by atoms with Crippen molar-refractivity contribution in [2.24, 2.45) is 5.92 Å². The second-order valence-corrected chi connectivity index (χ2v) is 5.22. The normalized spacial score (nSPS) is 15.5. The van der Waals surface area contributed by atoms with Gasteiger partial charge in [-0.2, -0.15) is 0 Å². The highest BCUT2D eigenvalue weighted by molar-refractivity contribution is 5.85. The molecule has 3 nitrogen and oxygen atoms in total. The Kier molecular flexibility index (Phi) is 6.32. The second kappa shape index (κ2) is 7.51. The minimum Gasteiger partial charge on any atom is -0.348 e. The van der Waals surface area contributed by atoms with E-state index in [1.165, 1.54) is 24.0 Å². The molecule has 1 fully saturated rings. The smallest absolute Gasteiger partial charge is 0.234 e.